The van der Waals surface area contributed by atoms with Gasteiger partial charge in [0, 0.05) is 32.2 Å². The van der Waals surface area contributed by atoms with E-state index in [0.29, 0.717) is 11.7 Å². The van der Waals surface area contributed by atoms with Gasteiger partial charge in [-0.25, -0.2) is 9.97 Å². The lowest BCUT2D eigenvalue weighted by atomic mass is 9.99. The van der Waals surface area contributed by atoms with Crippen molar-refractivity contribution in [2.24, 2.45) is 5.92 Å². The first kappa shape index (κ1) is 12.1. The van der Waals surface area contributed by atoms with E-state index in [-0.39, 0.29) is 6.61 Å². The fourth-order valence-electron chi connectivity index (χ4n) is 2.25. The summed E-state index contributed by atoms with van der Waals surface area (Å²) in [6.07, 6.45) is 2.97. The first-order valence-electron chi connectivity index (χ1n) is 6.22. The van der Waals surface area contributed by atoms with E-state index in [1.54, 1.807) is 0 Å². The summed E-state index contributed by atoms with van der Waals surface area (Å²) in [7, 11) is 0. The zero-order valence-corrected chi connectivity index (χ0v) is 10.3. The quantitative estimate of drug-likeness (QED) is 0.813. The predicted molar refractivity (Wildman–Crippen MR) is 67.8 cm³/mol. The molecular weight excluding hydrogens is 216 g/mol. The van der Waals surface area contributed by atoms with E-state index in [2.05, 4.69) is 14.9 Å². The monoisotopic (exact) mass is 236 g/mol. The fourth-order valence-corrected chi connectivity index (χ4v) is 2.25. The molecule has 3 N–H and O–H groups in total. The second kappa shape index (κ2) is 5.31. The van der Waals surface area contributed by atoms with Crippen LogP contribution in [0.2, 0.25) is 0 Å². The summed E-state index contributed by atoms with van der Waals surface area (Å²) in [6.45, 7) is 4.11. The minimum atomic E-state index is 0.248. The normalized spacial score (nSPS) is 20.6. The highest BCUT2D eigenvalue weighted by atomic mass is 16.3. The van der Waals surface area contributed by atoms with Gasteiger partial charge >= 0.3 is 0 Å². The van der Waals surface area contributed by atoms with Crippen molar-refractivity contribution in [3.05, 3.63) is 11.9 Å². The van der Waals surface area contributed by atoms with Crippen molar-refractivity contribution in [1.82, 2.24) is 9.97 Å². The zero-order chi connectivity index (χ0) is 12.3. The molecule has 1 saturated heterocycles. The molecule has 1 atom stereocenters. The summed E-state index contributed by atoms with van der Waals surface area (Å²) >= 11 is 0. The van der Waals surface area contributed by atoms with Crippen LogP contribution in [-0.4, -0.2) is 34.8 Å². The average Bonchev–Trinajstić information content (AvgIpc) is 2.38. The topological polar surface area (TPSA) is 75.3 Å². The second-order valence-electron chi connectivity index (χ2n) is 4.56. The smallest absolute Gasteiger partial charge is 0.134 e. The summed E-state index contributed by atoms with van der Waals surface area (Å²) < 4.78 is 0. The molecule has 5 nitrogen and oxygen atoms in total. The van der Waals surface area contributed by atoms with Crippen molar-refractivity contribution in [3.8, 4) is 0 Å². The Labute approximate surface area is 102 Å². The van der Waals surface area contributed by atoms with E-state index >= 15 is 0 Å². The van der Waals surface area contributed by atoms with Crippen molar-refractivity contribution >= 4 is 11.6 Å². The van der Waals surface area contributed by atoms with E-state index in [1.807, 2.05) is 13.0 Å². The van der Waals surface area contributed by atoms with Crippen LogP contribution in [0.25, 0.3) is 0 Å². The first-order valence-corrected chi connectivity index (χ1v) is 6.22. The molecular formula is C12H20N4O. The molecule has 5 heteroatoms. The van der Waals surface area contributed by atoms with Gasteiger partial charge in [-0.1, -0.05) is 6.92 Å². The summed E-state index contributed by atoms with van der Waals surface area (Å²) in [4.78, 5) is 10.9. The third-order valence-electron chi connectivity index (χ3n) is 3.20. The Balaban J connectivity index is 2.18. The molecule has 0 aliphatic carbocycles. The van der Waals surface area contributed by atoms with Crippen LogP contribution in [0.5, 0.6) is 0 Å². The highest BCUT2D eigenvalue weighted by Gasteiger charge is 2.20. The van der Waals surface area contributed by atoms with Gasteiger partial charge in [0.1, 0.15) is 17.5 Å². The molecule has 0 spiro atoms. The number of hydrogen-bond acceptors (Lipinski definition) is 5. The molecule has 94 valence electrons. The van der Waals surface area contributed by atoms with Gasteiger partial charge in [0.25, 0.3) is 0 Å². The number of aliphatic hydroxyl groups excluding tert-OH is 1. The van der Waals surface area contributed by atoms with Gasteiger partial charge in [-0.2, -0.15) is 0 Å². The maximum absolute atomic E-state index is 9.23. The van der Waals surface area contributed by atoms with Crippen molar-refractivity contribution < 1.29 is 5.11 Å². The van der Waals surface area contributed by atoms with E-state index in [4.69, 9.17) is 5.73 Å². The number of nitrogens with zero attached hydrogens (tertiary/aromatic N) is 3. The molecule has 0 saturated carbocycles. The van der Waals surface area contributed by atoms with Crippen LogP contribution in [0.3, 0.4) is 0 Å². The molecule has 0 radical (unpaired) electrons. The molecule has 1 aliphatic heterocycles. The van der Waals surface area contributed by atoms with Gasteiger partial charge in [-0.05, 0) is 18.8 Å². The predicted octanol–water partition coefficient (Wildman–Crippen LogP) is 0.830. The van der Waals surface area contributed by atoms with Crippen molar-refractivity contribution in [3.63, 3.8) is 0 Å². The van der Waals surface area contributed by atoms with Crippen molar-refractivity contribution in [2.45, 2.75) is 26.2 Å². The van der Waals surface area contributed by atoms with Gasteiger partial charge in [0.15, 0.2) is 0 Å². The van der Waals surface area contributed by atoms with Crippen LogP contribution in [0.1, 0.15) is 25.6 Å². The van der Waals surface area contributed by atoms with Gasteiger partial charge in [-0.15, -0.1) is 0 Å². The average molecular weight is 236 g/mol. The lowest BCUT2D eigenvalue weighted by Crippen LogP contribution is -2.37. The Morgan fingerprint density at radius 1 is 1.53 bits per heavy atom. The Hall–Kier alpha value is -1.36. The fraction of sp³-hybridized carbons (Fsp3) is 0.667. The number of aromatic nitrogens is 2. The highest BCUT2D eigenvalue weighted by molar-refractivity contribution is 5.47. The molecule has 1 aromatic rings. The molecule has 1 fully saturated rings. The number of hydrogen-bond donors (Lipinski definition) is 2. The summed E-state index contributed by atoms with van der Waals surface area (Å²) in [5.74, 6) is 2.56. The van der Waals surface area contributed by atoms with Gasteiger partial charge < -0.3 is 15.7 Å². The Kier molecular flexibility index (Phi) is 3.78. The minimum Gasteiger partial charge on any atom is -0.396 e. The standard InChI is InChI=1S/C12H20N4O/c1-2-11-14-10(13)6-12(15-11)16-5-3-4-9(7-16)8-17/h6,9,17H,2-5,7-8H2,1H3,(H2,13,14,15). The Bertz CT molecular complexity index is 383. The lowest BCUT2D eigenvalue weighted by Gasteiger charge is -2.32. The molecule has 17 heavy (non-hydrogen) atoms. The van der Waals surface area contributed by atoms with Crippen LogP contribution in [0.4, 0.5) is 11.6 Å². The van der Waals surface area contributed by atoms with Crippen molar-refractivity contribution in [2.75, 3.05) is 30.3 Å². The van der Waals surface area contributed by atoms with E-state index in [1.165, 1.54) is 0 Å². The third kappa shape index (κ3) is 2.85. The third-order valence-corrected chi connectivity index (χ3v) is 3.20. The molecule has 1 unspecified atom stereocenters. The number of nitrogen functional groups attached to an aromatic ring is 1. The molecule has 1 aliphatic rings. The first-order chi connectivity index (χ1) is 8.22. The van der Waals surface area contributed by atoms with Crippen molar-refractivity contribution in [1.29, 1.82) is 0 Å². The molecule has 2 rings (SSSR count). The number of nitrogens with two attached hydrogens (primary N) is 1. The van der Waals surface area contributed by atoms with Crippen LogP contribution in [-0.2, 0) is 6.42 Å². The minimum absolute atomic E-state index is 0.248. The molecule has 0 aromatic carbocycles. The zero-order valence-electron chi connectivity index (χ0n) is 10.3. The molecule has 0 amide bonds. The number of aryl methyl sites for hydroxylation is 1. The van der Waals surface area contributed by atoms with Crippen LogP contribution < -0.4 is 10.6 Å². The summed E-state index contributed by atoms with van der Waals surface area (Å²) in [5, 5.41) is 9.23. The van der Waals surface area contributed by atoms with E-state index in [9.17, 15) is 5.11 Å². The maximum Gasteiger partial charge on any atom is 0.134 e. The summed E-state index contributed by atoms with van der Waals surface area (Å²) in [6, 6.07) is 1.82. The molecule has 1 aromatic heterocycles. The van der Waals surface area contributed by atoms with Gasteiger partial charge in [0.2, 0.25) is 0 Å². The highest BCUT2D eigenvalue weighted by Crippen LogP contribution is 2.22. The second-order valence-corrected chi connectivity index (χ2v) is 4.56. The number of aliphatic hydroxyl groups is 1. The Morgan fingerprint density at radius 3 is 3.06 bits per heavy atom. The lowest BCUT2D eigenvalue weighted by molar-refractivity contribution is 0.208. The number of anilines is 2. The number of rotatable bonds is 3. The summed E-state index contributed by atoms with van der Waals surface area (Å²) in [5.41, 5.74) is 5.78. The van der Waals surface area contributed by atoms with E-state index < -0.39 is 0 Å². The molecule has 0 bridgehead atoms. The largest absolute Gasteiger partial charge is 0.396 e. The van der Waals surface area contributed by atoms with Gasteiger partial charge in [-0.3, -0.25) is 0 Å². The van der Waals surface area contributed by atoms with E-state index in [0.717, 1.165) is 44.0 Å². The van der Waals surface area contributed by atoms with Gasteiger partial charge in [0.05, 0.1) is 0 Å². The molecule has 2 heterocycles. The SMILES string of the molecule is CCc1nc(N)cc(N2CCCC(CO)C2)n1. The number of piperidine rings is 1. The Morgan fingerprint density at radius 2 is 2.35 bits per heavy atom. The van der Waals surface area contributed by atoms with Crippen LogP contribution in [0, 0.1) is 5.92 Å². The van der Waals surface area contributed by atoms with Crippen LogP contribution in [0.15, 0.2) is 6.07 Å². The maximum atomic E-state index is 9.23. The van der Waals surface area contributed by atoms with Crippen LogP contribution >= 0.6 is 0 Å².